The van der Waals surface area contributed by atoms with Crippen LogP contribution in [0, 0.1) is 13.8 Å². The molecule has 2 heterocycles. The molecule has 1 aliphatic rings. The Morgan fingerprint density at radius 2 is 1.92 bits per heavy atom. The summed E-state index contributed by atoms with van der Waals surface area (Å²) in [6.07, 6.45) is 2.29. The maximum atomic E-state index is 12.2. The number of aromatic nitrogens is 2. The van der Waals surface area contributed by atoms with Crippen molar-refractivity contribution in [2.75, 3.05) is 37.0 Å². The predicted molar refractivity (Wildman–Crippen MR) is 100 cm³/mol. The van der Waals surface area contributed by atoms with Gasteiger partial charge in [0.1, 0.15) is 5.75 Å². The van der Waals surface area contributed by atoms with Gasteiger partial charge >= 0.3 is 0 Å². The number of hydrogen-bond acceptors (Lipinski definition) is 6. The number of rotatable bonds is 6. The van der Waals surface area contributed by atoms with Crippen molar-refractivity contribution in [2.24, 2.45) is 0 Å². The summed E-state index contributed by atoms with van der Waals surface area (Å²) < 4.78 is 10.9. The third kappa shape index (κ3) is 4.04. The van der Waals surface area contributed by atoms with E-state index in [2.05, 4.69) is 20.2 Å². The number of ether oxygens (including phenoxy) is 2. The zero-order chi connectivity index (χ0) is 18.5. The molecule has 26 heavy (non-hydrogen) atoms. The Labute approximate surface area is 153 Å². The van der Waals surface area contributed by atoms with Crippen LogP contribution in [0.5, 0.6) is 11.6 Å². The van der Waals surface area contributed by atoms with Gasteiger partial charge in [-0.1, -0.05) is 12.1 Å². The summed E-state index contributed by atoms with van der Waals surface area (Å²) in [5.74, 6) is 1.46. The molecule has 7 nitrogen and oxygen atoms in total. The van der Waals surface area contributed by atoms with Gasteiger partial charge < -0.3 is 19.7 Å². The molecule has 1 N–H and O–H groups in total. The van der Waals surface area contributed by atoms with Crippen LogP contribution in [0.1, 0.15) is 24.1 Å². The Morgan fingerprint density at radius 1 is 1.19 bits per heavy atom. The van der Waals surface area contributed by atoms with Gasteiger partial charge in [-0.2, -0.15) is 4.98 Å². The molecule has 0 saturated carbocycles. The van der Waals surface area contributed by atoms with Gasteiger partial charge in [0.25, 0.3) is 5.91 Å². The Hall–Kier alpha value is -2.83. The van der Waals surface area contributed by atoms with E-state index >= 15 is 0 Å². The lowest BCUT2D eigenvalue weighted by atomic mass is 10.2. The Kier molecular flexibility index (Phi) is 5.55. The molecule has 1 aliphatic heterocycles. The average molecular weight is 356 g/mol. The van der Waals surface area contributed by atoms with Crippen LogP contribution in [-0.4, -0.2) is 42.7 Å². The van der Waals surface area contributed by atoms with Crippen LogP contribution < -0.4 is 19.7 Å². The molecule has 0 spiro atoms. The predicted octanol–water partition coefficient (Wildman–Crippen LogP) is 2.72. The van der Waals surface area contributed by atoms with Gasteiger partial charge in [-0.25, -0.2) is 4.98 Å². The van der Waals surface area contributed by atoms with Crippen molar-refractivity contribution in [1.29, 1.82) is 0 Å². The normalized spacial score (nSPS) is 13.6. The van der Waals surface area contributed by atoms with E-state index in [4.69, 9.17) is 9.47 Å². The molecule has 0 radical (unpaired) electrons. The van der Waals surface area contributed by atoms with Gasteiger partial charge in [-0.05, 0) is 38.8 Å². The van der Waals surface area contributed by atoms with E-state index in [-0.39, 0.29) is 12.5 Å². The molecule has 1 amide bonds. The van der Waals surface area contributed by atoms with Gasteiger partial charge in [0.2, 0.25) is 11.8 Å². The van der Waals surface area contributed by atoms with Crippen molar-refractivity contribution >= 4 is 17.5 Å². The molecular formula is C19H24N4O3. The SMILES string of the molecule is COc1ccccc1NC(=O)COc1nc(N2CCCC2)nc(C)c1C. The van der Waals surface area contributed by atoms with Crippen LogP contribution in [0.25, 0.3) is 0 Å². The topological polar surface area (TPSA) is 76.6 Å². The molecule has 1 saturated heterocycles. The number of hydrogen-bond donors (Lipinski definition) is 1. The number of nitrogens with zero attached hydrogens (tertiary/aromatic N) is 3. The van der Waals surface area contributed by atoms with Crippen LogP contribution in [0.2, 0.25) is 0 Å². The average Bonchev–Trinajstić information content (AvgIpc) is 3.18. The molecule has 1 aromatic carbocycles. The number of methoxy groups -OCH3 is 1. The second-order valence-corrected chi connectivity index (χ2v) is 6.27. The molecule has 1 aromatic heterocycles. The van der Waals surface area contributed by atoms with Crippen LogP contribution in [0.4, 0.5) is 11.6 Å². The third-order valence-electron chi connectivity index (χ3n) is 4.44. The van der Waals surface area contributed by atoms with E-state index in [1.807, 2.05) is 26.0 Å². The minimum Gasteiger partial charge on any atom is -0.495 e. The number of nitrogens with one attached hydrogen (secondary N) is 1. The van der Waals surface area contributed by atoms with Crippen molar-refractivity contribution < 1.29 is 14.3 Å². The Balaban J connectivity index is 1.67. The summed E-state index contributed by atoms with van der Waals surface area (Å²) in [6.45, 7) is 5.61. The van der Waals surface area contributed by atoms with Gasteiger partial charge in [0.05, 0.1) is 12.8 Å². The summed E-state index contributed by atoms with van der Waals surface area (Å²) in [4.78, 5) is 23.5. The lowest BCUT2D eigenvalue weighted by Crippen LogP contribution is -2.23. The fourth-order valence-electron chi connectivity index (χ4n) is 2.86. The first-order chi connectivity index (χ1) is 12.6. The van der Waals surface area contributed by atoms with Gasteiger partial charge in [0, 0.05) is 24.3 Å². The van der Waals surface area contributed by atoms with E-state index in [9.17, 15) is 4.79 Å². The van der Waals surface area contributed by atoms with Crippen LogP contribution >= 0.6 is 0 Å². The lowest BCUT2D eigenvalue weighted by molar-refractivity contribution is -0.118. The first-order valence-corrected chi connectivity index (χ1v) is 8.74. The second kappa shape index (κ2) is 8.03. The summed E-state index contributed by atoms with van der Waals surface area (Å²) in [6, 6.07) is 7.25. The highest BCUT2D eigenvalue weighted by Crippen LogP contribution is 2.25. The van der Waals surface area contributed by atoms with Gasteiger partial charge in [-0.15, -0.1) is 0 Å². The molecule has 3 rings (SSSR count). The highest BCUT2D eigenvalue weighted by Gasteiger charge is 2.19. The Bertz CT molecular complexity index is 788. The first kappa shape index (κ1) is 18.0. The summed E-state index contributed by atoms with van der Waals surface area (Å²) in [7, 11) is 1.56. The van der Waals surface area contributed by atoms with Crippen LogP contribution in [-0.2, 0) is 4.79 Å². The second-order valence-electron chi connectivity index (χ2n) is 6.27. The summed E-state index contributed by atoms with van der Waals surface area (Å²) in [5.41, 5.74) is 2.32. The number of benzene rings is 1. The fraction of sp³-hybridized carbons (Fsp3) is 0.421. The molecule has 0 unspecified atom stereocenters. The number of aryl methyl sites for hydroxylation is 1. The lowest BCUT2D eigenvalue weighted by Gasteiger charge is -2.18. The Morgan fingerprint density at radius 3 is 2.65 bits per heavy atom. The highest BCUT2D eigenvalue weighted by atomic mass is 16.5. The molecule has 138 valence electrons. The fourth-order valence-corrected chi connectivity index (χ4v) is 2.86. The van der Waals surface area contributed by atoms with Crippen molar-refractivity contribution in [3.8, 4) is 11.6 Å². The van der Waals surface area contributed by atoms with Crippen molar-refractivity contribution in [3.05, 3.63) is 35.5 Å². The molecule has 2 aromatic rings. The summed E-state index contributed by atoms with van der Waals surface area (Å²) >= 11 is 0. The first-order valence-electron chi connectivity index (χ1n) is 8.74. The summed E-state index contributed by atoms with van der Waals surface area (Å²) in [5, 5.41) is 2.79. The van der Waals surface area contributed by atoms with E-state index < -0.39 is 0 Å². The molecule has 0 atom stereocenters. The standard InChI is InChI=1S/C19H24N4O3/c1-13-14(2)20-19(23-10-6-7-11-23)22-18(13)26-12-17(24)21-15-8-4-5-9-16(15)25-3/h4-5,8-9H,6-7,10-12H2,1-3H3,(H,21,24). The number of carbonyl (C=O) groups excluding carboxylic acids is 1. The number of anilines is 2. The maximum absolute atomic E-state index is 12.2. The van der Waals surface area contributed by atoms with Crippen LogP contribution in [0.3, 0.4) is 0 Å². The molecule has 1 fully saturated rings. The maximum Gasteiger partial charge on any atom is 0.262 e. The number of carbonyl (C=O) groups is 1. The quantitative estimate of drug-likeness (QED) is 0.858. The van der Waals surface area contributed by atoms with E-state index in [0.29, 0.717) is 23.3 Å². The third-order valence-corrected chi connectivity index (χ3v) is 4.44. The monoisotopic (exact) mass is 356 g/mol. The van der Waals surface area contributed by atoms with Crippen molar-refractivity contribution in [1.82, 2.24) is 9.97 Å². The molecular weight excluding hydrogens is 332 g/mol. The minimum atomic E-state index is -0.270. The zero-order valence-corrected chi connectivity index (χ0v) is 15.4. The molecule has 0 bridgehead atoms. The number of para-hydroxylation sites is 2. The molecule has 7 heteroatoms. The smallest absolute Gasteiger partial charge is 0.262 e. The molecule has 0 aliphatic carbocycles. The minimum absolute atomic E-state index is 0.130. The van der Waals surface area contributed by atoms with E-state index in [1.54, 1.807) is 19.2 Å². The van der Waals surface area contributed by atoms with Crippen molar-refractivity contribution in [3.63, 3.8) is 0 Å². The van der Waals surface area contributed by atoms with E-state index in [1.165, 1.54) is 0 Å². The van der Waals surface area contributed by atoms with E-state index in [0.717, 1.165) is 37.2 Å². The highest BCUT2D eigenvalue weighted by molar-refractivity contribution is 5.93. The van der Waals surface area contributed by atoms with Crippen LogP contribution in [0.15, 0.2) is 24.3 Å². The zero-order valence-electron chi connectivity index (χ0n) is 15.4. The van der Waals surface area contributed by atoms with Gasteiger partial charge in [0.15, 0.2) is 6.61 Å². The number of amides is 1. The van der Waals surface area contributed by atoms with Crippen molar-refractivity contribution in [2.45, 2.75) is 26.7 Å². The van der Waals surface area contributed by atoms with Gasteiger partial charge in [-0.3, -0.25) is 4.79 Å². The largest absolute Gasteiger partial charge is 0.495 e.